The summed E-state index contributed by atoms with van der Waals surface area (Å²) in [5.41, 5.74) is 1.84. The molecular weight excluding hydrogens is 457 g/mol. The number of H-pyrrole nitrogens is 1. The van der Waals surface area contributed by atoms with Crippen LogP contribution in [-0.2, 0) is 13.1 Å². The first-order valence-corrected chi connectivity index (χ1v) is 12.0. The van der Waals surface area contributed by atoms with Gasteiger partial charge in [-0.25, -0.2) is 9.07 Å². The van der Waals surface area contributed by atoms with Gasteiger partial charge in [0.2, 0.25) is 0 Å². The topological polar surface area (TPSA) is 75.4 Å². The van der Waals surface area contributed by atoms with Gasteiger partial charge in [-0.1, -0.05) is 24.6 Å². The van der Waals surface area contributed by atoms with Crippen molar-refractivity contribution in [1.82, 2.24) is 19.2 Å². The number of allylic oxidation sites excluding steroid dienone is 2. The Bertz CT molecular complexity index is 1360. The van der Waals surface area contributed by atoms with Crippen molar-refractivity contribution in [2.45, 2.75) is 45.7 Å². The zero-order chi connectivity index (χ0) is 24.2. The van der Waals surface area contributed by atoms with Gasteiger partial charge >= 0.3 is 0 Å². The van der Waals surface area contributed by atoms with Crippen LogP contribution in [0.3, 0.4) is 0 Å². The molecule has 0 spiro atoms. The van der Waals surface area contributed by atoms with E-state index in [2.05, 4.69) is 21.9 Å². The van der Waals surface area contributed by atoms with Crippen LogP contribution in [0.1, 0.15) is 38.3 Å². The number of likely N-dealkylation sites (tertiary alicyclic amines) is 1. The minimum atomic E-state index is -0.488. The molecule has 1 fully saturated rings. The van der Waals surface area contributed by atoms with E-state index in [1.807, 2.05) is 12.2 Å². The monoisotopic (exact) mass is 485 g/mol. The minimum absolute atomic E-state index is 0.108. The summed E-state index contributed by atoms with van der Waals surface area (Å²) in [5, 5.41) is 3.57. The molecule has 1 aliphatic rings. The van der Waals surface area contributed by atoms with E-state index in [1.165, 1.54) is 22.9 Å². The van der Waals surface area contributed by atoms with Crippen molar-refractivity contribution in [2.75, 3.05) is 20.1 Å². The van der Waals surface area contributed by atoms with E-state index >= 15 is 0 Å². The zero-order valence-electron chi connectivity index (χ0n) is 19.5. The number of aliphatic imine (C=N–C) groups is 1. The molecule has 1 saturated heterocycles. The van der Waals surface area contributed by atoms with Crippen LogP contribution in [0.25, 0.3) is 16.6 Å². The first-order valence-electron chi connectivity index (χ1n) is 11.6. The highest BCUT2D eigenvalue weighted by Gasteiger charge is 2.22. The van der Waals surface area contributed by atoms with Gasteiger partial charge in [0.15, 0.2) is 0 Å². The van der Waals surface area contributed by atoms with Crippen LogP contribution in [0.15, 0.2) is 51.0 Å². The third-order valence-electron chi connectivity index (χ3n) is 6.21. The fraction of sp³-hybridized carbons (Fsp3) is 0.400. The minimum Gasteiger partial charge on any atom is -0.310 e. The fourth-order valence-electron chi connectivity index (χ4n) is 4.45. The number of halogens is 2. The second-order valence-corrected chi connectivity index (χ2v) is 8.88. The van der Waals surface area contributed by atoms with Crippen molar-refractivity contribution in [3.8, 4) is 5.69 Å². The van der Waals surface area contributed by atoms with Crippen LogP contribution in [-0.4, -0.2) is 45.1 Å². The lowest BCUT2D eigenvalue weighted by Gasteiger charge is -2.19. The van der Waals surface area contributed by atoms with Crippen LogP contribution in [0.5, 0.6) is 0 Å². The van der Waals surface area contributed by atoms with Gasteiger partial charge in [-0.2, -0.15) is 0 Å². The van der Waals surface area contributed by atoms with Gasteiger partial charge < -0.3 is 4.57 Å². The molecule has 34 heavy (non-hydrogen) atoms. The number of hydrogen-bond donors (Lipinski definition) is 1. The molecule has 0 amide bonds. The predicted molar refractivity (Wildman–Crippen MR) is 135 cm³/mol. The van der Waals surface area contributed by atoms with Gasteiger partial charge in [-0.15, -0.1) is 0 Å². The summed E-state index contributed by atoms with van der Waals surface area (Å²) in [6.45, 7) is 4.82. The SMILES string of the molecule is CC/C=C\C(CCn1c(CN2CCCC2)c2c(=O)n(-c3ccc(F)cc3Cl)[nH]c2cc1=O)=NC. The van der Waals surface area contributed by atoms with E-state index in [0.717, 1.165) is 44.1 Å². The number of rotatable bonds is 8. The van der Waals surface area contributed by atoms with Crippen molar-refractivity contribution >= 4 is 28.2 Å². The Morgan fingerprint density at radius 2 is 2.00 bits per heavy atom. The quantitative estimate of drug-likeness (QED) is 0.483. The lowest BCUT2D eigenvalue weighted by atomic mass is 10.1. The molecule has 1 aromatic carbocycles. The molecule has 1 aliphatic heterocycles. The first-order chi connectivity index (χ1) is 16.4. The summed E-state index contributed by atoms with van der Waals surface area (Å²) in [7, 11) is 1.74. The average Bonchev–Trinajstić information content (AvgIpc) is 3.43. The molecule has 0 saturated carbocycles. The fourth-order valence-corrected chi connectivity index (χ4v) is 4.70. The Morgan fingerprint density at radius 3 is 2.68 bits per heavy atom. The van der Waals surface area contributed by atoms with Crippen LogP contribution in [0.4, 0.5) is 4.39 Å². The molecule has 7 nitrogen and oxygen atoms in total. The molecule has 0 aliphatic carbocycles. The van der Waals surface area contributed by atoms with Crippen molar-refractivity contribution in [2.24, 2.45) is 4.99 Å². The summed E-state index contributed by atoms with van der Waals surface area (Å²) in [4.78, 5) is 33.4. The third kappa shape index (κ3) is 4.93. The van der Waals surface area contributed by atoms with E-state index in [4.69, 9.17) is 11.6 Å². The molecule has 0 unspecified atom stereocenters. The second-order valence-electron chi connectivity index (χ2n) is 8.48. The van der Waals surface area contributed by atoms with Crippen molar-refractivity contribution in [1.29, 1.82) is 0 Å². The molecule has 3 heterocycles. The van der Waals surface area contributed by atoms with Crippen molar-refractivity contribution in [3.05, 3.63) is 73.7 Å². The predicted octanol–water partition coefficient (Wildman–Crippen LogP) is 4.30. The van der Waals surface area contributed by atoms with E-state index in [9.17, 15) is 14.0 Å². The number of aromatic amines is 1. The molecule has 9 heteroatoms. The molecule has 0 bridgehead atoms. The Hall–Kier alpha value is -2.97. The number of nitrogens with one attached hydrogen (secondary N) is 1. The highest BCUT2D eigenvalue weighted by Crippen LogP contribution is 2.23. The maximum Gasteiger partial charge on any atom is 0.280 e. The molecular formula is C25H29ClFN5O2. The Kier molecular flexibility index (Phi) is 7.48. The normalized spacial score (nSPS) is 15.2. The van der Waals surface area contributed by atoms with E-state index < -0.39 is 5.82 Å². The zero-order valence-corrected chi connectivity index (χ0v) is 20.2. The smallest absolute Gasteiger partial charge is 0.280 e. The molecule has 180 valence electrons. The number of hydrogen-bond acceptors (Lipinski definition) is 4. The molecule has 3 aromatic rings. The van der Waals surface area contributed by atoms with Gasteiger partial charge in [-0.05, 0) is 56.6 Å². The number of benzene rings is 1. The number of nitrogens with zero attached hydrogens (tertiary/aromatic N) is 4. The van der Waals surface area contributed by atoms with Crippen molar-refractivity contribution in [3.63, 3.8) is 0 Å². The lowest BCUT2D eigenvalue weighted by Crippen LogP contribution is -2.30. The standard InChI is InChI=1S/C25H29ClFN5O2/c1-3-4-7-18(28-2)10-13-31-22(16-30-11-5-6-12-30)24-20(15-23(31)33)29-32(25(24)34)21-9-8-17(27)14-19(21)26/h4,7-9,14-15,29H,3,5-6,10-13,16H2,1-2H3/b7-4-,28-18?. The molecule has 1 N–H and O–H groups in total. The largest absolute Gasteiger partial charge is 0.310 e. The van der Waals surface area contributed by atoms with Gasteiger partial charge in [-0.3, -0.25) is 24.6 Å². The molecule has 0 atom stereocenters. The van der Waals surface area contributed by atoms with Gasteiger partial charge in [0.25, 0.3) is 11.1 Å². The highest BCUT2D eigenvalue weighted by atomic mass is 35.5. The van der Waals surface area contributed by atoms with Crippen LogP contribution < -0.4 is 11.1 Å². The number of pyridine rings is 1. The summed E-state index contributed by atoms with van der Waals surface area (Å²) in [6, 6.07) is 5.31. The number of fused-ring (bicyclic) bond motifs is 1. The number of aromatic nitrogens is 3. The molecule has 2 aromatic heterocycles. The van der Waals surface area contributed by atoms with Crippen LogP contribution in [0, 0.1) is 5.82 Å². The third-order valence-corrected chi connectivity index (χ3v) is 6.52. The molecule has 4 rings (SSSR count). The second kappa shape index (κ2) is 10.5. The summed E-state index contributed by atoms with van der Waals surface area (Å²) >= 11 is 6.23. The molecule has 0 radical (unpaired) electrons. The average molecular weight is 486 g/mol. The Morgan fingerprint density at radius 1 is 1.24 bits per heavy atom. The van der Waals surface area contributed by atoms with Gasteiger partial charge in [0.1, 0.15) is 5.82 Å². The van der Waals surface area contributed by atoms with Crippen molar-refractivity contribution < 1.29 is 4.39 Å². The van der Waals surface area contributed by atoms with E-state index in [-0.39, 0.29) is 16.1 Å². The van der Waals surface area contributed by atoms with Gasteiger partial charge in [0.05, 0.1) is 27.3 Å². The van der Waals surface area contributed by atoms with Gasteiger partial charge in [0, 0.05) is 38.3 Å². The van der Waals surface area contributed by atoms with E-state index in [0.29, 0.717) is 41.8 Å². The summed E-state index contributed by atoms with van der Waals surface area (Å²) in [5.74, 6) is -0.488. The maximum atomic E-state index is 13.6. The first kappa shape index (κ1) is 24.2. The summed E-state index contributed by atoms with van der Waals surface area (Å²) < 4.78 is 16.6. The van der Waals surface area contributed by atoms with Crippen LogP contribution >= 0.6 is 11.6 Å². The Labute approximate surface area is 202 Å². The lowest BCUT2D eigenvalue weighted by molar-refractivity contribution is 0.321. The maximum absolute atomic E-state index is 13.6. The summed E-state index contributed by atoms with van der Waals surface area (Å²) in [6.07, 6.45) is 7.68. The van der Waals surface area contributed by atoms with E-state index in [1.54, 1.807) is 11.6 Å². The Balaban J connectivity index is 1.85. The highest BCUT2D eigenvalue weighted by molar-refractivity contribution is 6.32. The van der Waals surface area contributed by atoms with Crippen LogP contribution in [0.2, 0.25) is 5.02 Å².